The number of phenolic OH excluding ortho intramolecular Hbond substituents is 1. The first-order chi connectivity index (χ1) is 19.7. The van der Waals surface area contributed by atoms with Crippen LogP contribution in [0.3, 0.4) is 0 Å². The molecule has 13 heteroatoms. The zero-order valence-corrected chi connectivity index (χ0v) is 22.4. The average Bonchev–Trinajstić information content (AvgIpc) is 2.96. The van der Waals surface area contributed by atoms with E-state index in [4.69, 9.17) is 0 Å². The van der Waals surface area contributed by atoms with Gasteiger partial charge in [-0.2, -0.15) is 0 Å². The predicted octanol–water partition coefficient (Wildman–Crippen LogP) is -1.59. The lowest BCUT2D eigenvalue weighted by molar-refractivity contribution is -0.132. The van der Waals surface area contributed by atoms with Gasteiger partial charge in [0.15, 0.2) is 0 Å². The summed E-state index contributed by atoms with van der Waals surface area (Å²) in [5.74, 6) is -3.36. The molecule has 6 amide bonds. The molecule has 41 heavy (non-hydrogen) atoms. The van der Waals surface area contributed by atoms with Crippen LogP contribution in [0.2, 0.25) is 0 Å². The number of rotatable bonds is 4. The number of phenols is 1. The number of amides is 6. The molecule has 0 aromatic heterocycles. The van der Waals surface area contributed by atoms with Gasteiger partial charge >= 0.3 is 0 Å². The van der Waals surface area contributed by atoms with Crippen molar-refractivity contribution in [3.8, 4) is 5.75 Å². The molecule has 2 atom stereocenters. The third kappa shape index (κ3) is 11.0. The highest BCUT2D eigenvalue weighted by Crippen LogP contribution is 2.12. The van der Waals surface area contributed by atoms with E-state index in [0.29, 0.717) is 5.56 Å². The fourth-order valence-electron chi connectivity index (χ4n) is 4.01. The van der Waals surface area contributed by atoms with Crippen LogP contribution in [0.25, 0.3) is 0 Å². The summed E-state index contributed by atoms with van der Waals surface area (Å²) in [4.78, 5) is 75.4. The molecule has 0 bridgehead atoms. The van der Waals surface area contributed by atoms with Crippen molar-refractivity contribution in [2.24, 2.45) is 0 Å². The highest BCUT2D eigenvalue weighted by molar-refractivity contribution is 5.94. The quantitative estimate of drug-likeness (QED) is 0.232. The first kappa shape index (κ1) is 30.6. The van der Waals surface area contributed by atoms with E-state index >= 15 is 0 Å². The number of nitrogens with one attached hydrogen (secondary N) is 6. The standard InChI is InChI=1S/C28H34N6O7/c35-20-10-8-19(9-11-20)14-21-27(40)32-17-26(39)34-22(13-18-5-2-1-3-6-18)28(41)31-16-25(38)30-15-24(37)29-12-4-7-23(36)33-21/h1-3,5-6,8-11,21-22,35H,4,7,12-17H2,(H,29,37)(H,30,38)(H,31,41)(H,32,40)(H,33,36)(H,34,39)/t21-,22-/m0/s1. The van der Waals surface area contributed by atoms with E-state index in [1.165, 1.54) is 12.1 Å². The zero-order valence-electron chi connectivity index (χ0n) is 22.4. The van der Waals surface area contributed by atoms with Crippen LogP contribution >= 0.6 is 0 Å². The van der Waals surface area contributed by atoms with Gasteiger partial charge in [-0.3, -0.25) is 28.8 Å². The lowest BCUT2D eigenvalue weighted by atomic mass is 10.0. The van der Waals surface area contributed by atoms with Gasteiger partial charge in [0.25, 0.3) is 0 Å². The summed E-state index contributed by atoms with van der Waals surface area (Å²) in [6.07, 6.45) is 0.505. The Morgan fingerprint density at radius 1 is 0.585 bits per heavy atom. The van der Waals surface area contributed by atoms with Crippen molar-refractivity contribution in [3.05, 3.63) is 65.7 Å². The van der Waals surface area contributed by atoms with Gasteiger partial charge < -0.3 is 37.0 Å². The fraction of sp³-hybridized carbons (Fsp3) is 0.357. The molecular weight excluding hydrogens is 532 g/mol. The minimum absolute atomic E-state index is 0.0136. The molecule has 3 rings (SSSR count). The Hall–Kier alpha value is -4.94. The third-order valence-electron chi connectivity index (χ3n) is 6.16. The topological polar surface area (TPSA) is 195 Å². The van der Waals surface area contributed by atoms with Gasteiger partial charge in [-0.15, -0.1) is 0 Å². The molecule has 0 unspecified atom stereocenters. The summed E-state index contributed by atoms with van der Waals surface area (Å²) in [5.41, 5.74) is 1.42. The average molecular weight is 567 g/mol. The van der Waals surface area contributed by atoms with E-state index in [1.54, 1.807) is 42.5 Å². The molecule has 2 aromatic rings. The van der Waals surface area contributed by atoms with Crippen molar-refractivity contribution in [1.29, 1.82) is 0 Å². The molecule has 0 spiro atoms. The maximum Gasteiger partial charge on any atom is 0.243 e. The Morgan fingerprint density at radius 3 is 1.73 bits per heavy atom. The SMILES string of the molecule is O=C1CNC(=O)CNC(=O)[C@H](Cc2ccccc2)NC(=O)CNC(=O)[C@H](Cc2ccc(O)cc2)NC(=O)CCCN1. The van der Waals surface area contributed by atoms with Crippen molar-refractivity contribution in [2.75, 3.05) is 26.2 Å². The van der Waals surface area contributed by atoms with Gasteiger partial charge in [-0.25, -0.2) is 0 Å². The van der Waals surface area contributed by atoms with E-state index in [9.17, 15) is 33.9 Å². The molecule has 7 N–H and O–H groups in total. The van der Waals surface area contributed by atoms with Crippen LogP contribution in [0.5, 0.6) is 5.75 Å². The highest BCUT2D eigenvalue weighted by Gasteiger charge is 2.25. The minimum atomic E-state index is -1.06. The normalized spacial score (nSPS) is 20.4. The molecule has 1 heterocycles. The lowest BCUT2D eigenvalue weighted by Crippen LogP contribution is -2.54. The number of hydrogen-bond donors (Lipinski definition) is 7. The van der Waals surface area contributed by atoms with E-state index in [1.807, 2.05) is 0 Å². The second-order valence-corrected chi connectivity index (χ2v) is 9.47. The van der Waals surface area contributed by atoms with Crippen LogP contribution in [0.4, 0.5) is 0 Å². The number of hydrogen-bond acceptors (Lipinski definition) is 7. The van der Waals surface area contributed by atoms with Crippen molar-refractivity contribution < 1.29 is 33.9 Å². The predicted molar refractivity (Wildman–Crippen MR) is 147 cm³/mol. The number of aromatic hydroxyl groups is 1. The van der Waals surface area contributed by atoms with Gasteiger partial charge in [-0.1, -0.05) is 42.5 Å². The van der Waals surface area contributed by atoms with E-state index in [2.05, 4.69) is 31.9 Å². The summed E-state index contributed by atoms with van der Waals surface area (Å²) in [6, 6.07) is 13.0. The van der Waals surface area contributed by atoms with Crippen molar-refractivity contribution >= 4 is 35.4 Å². The Labute approximate surface area is 236 Å². The van der Waals surface area contributed by atoms with Crippen LogP contribution in [-0.4, -0.2) is 78.8 Å². The van der Waals surface area contributed by atoms with Crippen LogP contribution in [0.15, 0.2) is 54.6 Å². The molecule has 2 aromatic carbocycles. The molecule has 1 aliphatic rings. The molecule has 1 fully saturated rings. The molecule has 1 aliphatic heterocycles. The highest BCUT2D eigenvalue weighted by atomic mass is 16.3. The Morgan fingerprint density at radius 2 is 1.10 bits per heavy atom. The molecule has 0 radical (unpaired) electrons. The van der Waals surface area contributed by atoms with Crippen molar-refractivity contribution in [2.45, 2.75) is 37.8 Å². The van der Waals surface area contributed by atoms with Crippen LogP contribution in [0.1, 0.15) is 24.0 Å². The maximum absolute atomic E-state index is 13.0. The first-order valence-electron chi connectivity index (χ1n) is 13.2. The first-order valence-corrected chi connectivity index (χ1v) is 13.2. The van der Waals surface area contributed by atoms with Crippen molar-refractivity contribution in [1.82, 2.24) is 31.9 Å². The molecule has 0 saturated carbocycles. The smallest absolute Gasteiger partial charge is 0.243 e. The van der Waals surface area contributed by atoms with Crippen molar-refractivity contribution in [3.63, 3.8) is 0 Å². The molecule has 1 saturated heterocycles. The van der Waals surface area contributed by atoms with Gasteiger partial charge in [0.2, 0.25) is 35.4 Å². The lowest BCUT2D eigenvalue weighted by Gasteiger charge is -2.21. The molecule has 0 aliphatic carbocycles. The summed E-state index contributed by atoms with van der Waals surface area (Å²) in [6.45, 7) is -1.04. The van der Waals surface area contributed by atoms with Gasteiger partial charge in [0.1, 0.15) is 17.8 Å². The van der Waals surface area contributed by atoms with Crippen LogP contribution in [-0.2, 0) is 41.6 Å². The Kier molecular flexibility index (Phi) is 11.6. The number of carbonyl (C=O) groups is 6. The maximum atomic E-state index is 13.0. The second-order valence-electron chi connectivity index (χ2n) is 9.47. The van der Waals surface area contributed by atoms with E-state index in [0.717, 1.165) is 5.56 Å². The van der Waals surface area contributed by atoms with E-state index in [-0.39, 0.29) is 44.5 Å². The van der Waals surface area contributed by atoms with Crippen LogP contribution < -0.4 is 31.9 Å². The van der Waals surface area contributed by atoms with Gasteiger partial charge in [-0.05, 0) is 29.7 Å². The fourth-order valence-corrected chi connectivity index (χ4v) is 4.01. The van der Waals surface area contributed by atoms with E-state index < -0.39 is 60.6 Å². The third-order valence-corrected chi connectivity index (χ3v) is 6.16. The Bertz CT molecular complexity index is 1240. The number of benzene rings is 2. The zero-order chi connectivity index (χ0) is 29.6. The minimum Gasteiger partial charge on any atom is -0.508 e. The monoisotopic (exact) mass is 566 g/mol. The molecular formula is C28H34N6O7. The summed E-state index contributed by atoms with van der Waals surface area (Å²) in [5, 5.41) is 24.7. The largest absolute Gasteiger partial charge is 0.508 e. The Balaban J connectivity index is 1.75. The molecule has 218 valence electrons. The summed E-state index contributed by atoms with van der Waals surface area (Å²) in [7, 11) is 0. The van der Waals surface area contributed by atoms with Gasteiger partial charge in [0, 0.05) is 25.8 Å². The molecule has 13 nitrogen and oxygen atoms in total. The second kappa shape index (κ2) is 15.6. The number of carbonyl (C=O) groups excluding carboxylic acids is 6. The van der Waals surface area contributed by atoms with Gasteiger partial charge in [0.05, 0.1) is 19.6 Å². The summed E-state index contributed by atoms with van der Waals surface area (Å²) < 4.78 is 0. The summed E-state index contributed by atoms with van der Waals surface area (Å²) >= 11 is 0. The van der Waals surface area contributed by atoms with Crippen LogP contribution in [0, 0.1) is 0 Å².